The molecule has 0 bridgehead atoms. The van der Waals surface area contributed by atoms with Gasteiger partial charge in [0.05, 0.1) is 11.6 Å². The van der Waals surface area contributed by atoms with Gasteiger partial charge in [0.1, 0.15) is 0 Å². The van der Waals surface area contributed by atoms with Crippen LogP contribution in [0, 0.1) is 5.92 Å². The van der Waals surface area contributed by atoms with Crippen molar-refractivity contribution in [1.82, 2.24) is 19.2 Å². The molecule has 2 saturated heterocycles. The molecule has 2 aliphatic heterocycles. The lowest BCUT2D eigenvalue weighted by Crippen LogP contribution is -2.41. The number of imidazole rings is 1. The van der Waals surface area contributed by atoms with Crippen LogP contribution in [0.15, 0.2) is 11.6 Å². The SMILES string of the molecule is NC(=O)[C@@H]1CCCN(Cc2c(C(=O)N3CCCC3)nc3sccn23)C1. The number of thiazole rings is 1. The highest BCUT2D eigenvalue weighted by atomic mass is 32.1. The van der Waals surface area contributed by atoms with E-state index in [2.05, 4.69) is 9.88 Å². The summed E-state index contributed by atoms with van der Waals surface area (Å²) in [5.74, 6) is -0.295. The van der Waals surface area contributed by atoms with E-state index in [4.69, 9.17) is 5.73 Å². The summed E-state index contributed by atoms with van der Waals surface area (Å²) in [6.07, 6.45) is 5.91. The van der Waals surface area contributed by atoms with Crippen LogP contribution in [0.4, 0.5) is 0 Å². The molecule has 0 unspecified atom stereocenters. The Hall–Kier alpha value is -1.93. The van der Waals surface area contributed by atoms with Crippen molar-refractivity contribution >= 4 is 28.1 Å². The van der Waals surface area contributed by atoms with Crippen molar-refractivity contribution in [3.05, 3.63) is 23.0 Å². The van der Waals surface area contributed by atoms with E-state index < -0.39 is 0 Å². The average molecular weight is 361 g/mol. The fourth-order valence-electron chi connectivity index (χ4n) is 3.87. The van der Waals surface area contributed by atoms with E-state index in [1.165, 1.54) is 11.3 Å². The van der Waals surface area contributed by atoms with Gasteiger partial charge in [0.25, 0.3) is 5.91 Å². The molecule has 2 aliphatic rings. The Morgan fingerprint density at radius 2 is 2.04 bits per heavy atom. The van der Waals surface area contributed by atoms with Gasteiger partial charge in [-0.2, -0.15) is 0 Å². The Labute approximate surface area is 150 Å². The van der Waals surface area contributed by atoms with E-state index in [1.54, 1.807) is 0 Å². The molecule has 4 rings (SSSR count). The predicted molar refractivity (Wildman–Crippen MR) is 95.4 cm³/mol. The molecule has 8 heteroatoms. The van der Waals surface area contributed by atoms with Crippen LogP contribution in [-0.4, -0.2) is 57.2 Å². The van der Waals surface area contributed by atoms with Crippen molar-refractivity contribution < 1.29 is 9.59 Å². The largest absolute Gasteiger partial charge is 0.369 e. The lowest BCUT2D eigenvalue weighted by molar-refractivity contribution is -0.123. The molecule has 0 saturated carbocycles. The van der Waals surface area contributed by atoms with Crippen LogP contribution in [0.2, 0.25) is 0 Å². The molecule has 0 aliphatic carbocycles. The number of rotatable bonds is 4. The fourth-order valence-corrected chi connectivity index (χ4v) is 4.60. The van der Waals surface area contributed by atoms with E-state index in [1.807, 2.05) is 20.9 Å². The van der Waals surface area contributed by atoms with Crippen LogP contribution in [0.5, 0.6) is 0 Å². The van der Waals surface area contributed by atoms with E-state index in [0.29, 0.717) is 18.8 Å². The normalized spacial score (nSPS) is 21.9. The van der Waals surface area contributed by atoms with Crippen molar-refractivity contribution in [2.75, 3.05) is 26.2 Å². The first-order chi connectivity index (χ1) is 12.1. The molecule has 0 spiro atoms. The number of nitrogens with two attached hydrogens (primary N) is 1. The number of carbonyl (C=O) groups is 2. The molecule has 2 N–H and O–H groups in total. The Kier molecular flexibility index (Phi) is 4.47. The number of aromatic nitrogens is 2. The number of piperidine rings is 1. The van der Waals surface area contributed by atoms with E-state index >= 15 is 0 Å². The second kappa shape index (κ2) is 6.76. The molecule has 25 heavy (non-hydrogen) atoms. The standard InChI is InChI=1S/C17H23N5O2S/c18-15(23)12-4-3-5-20(10-12)11-13-14(16(24)21-6-1-2-7-21)19-17-22(13)8-9-25-17/h8-9,12H,1-7,10-11H2,(H2,18,23)/t12-/m1/s1. The van der Waals surface area contributed by atoms with Gasteiger partial charge in [-0.05, 0) is 32.2 Å². The molecule has 0 radical (unpaired) electrons. The first kappa shape index (κ1) is 16.5. The third-order valence-electron chi connectivity index (χ3n) is 5.24. The van der Waals surface area contributed by atoms with Gasteiger partial charge in [-0.15, -0.1) is 11.3 Å². The number of amides is 2. The Morgan fingerprint density at radius 3 is 2.80 bits per heavy atom. The Morgan fingerprint density at radius 1 is 1.24 bits per heavy atom. The van der Waals surface area contributed by atoms with Crippen LogP contribution in [0.1, 0.15) is 41.9 Å². The number of nitrogens with zero attached hydrogens (tertiary/aromatic N) is 4. The predicted octanol–water partition coefficient (Wildman–Crippen LogP) is 1.33. The van der Waals surface area contributed by atoms with Gasteiger partial charge in [-0.3, -0.25) is 18.9 Å². The molecule has 2 amide bonds. The molecule has 2 fully saturated rings. The molecular formula is C17H23N5O2S. The van der Waals surface area contributed by atoms with Gasteiger partial charge in [-0.25, -0.2) is 4.98 Å². The summed E-state index contributed by atoms with van der Waals surface area (Å²) in [5, 5.41) is 1.98. The van der Waals surface area contributed by atoms with Crippen LogP contribution in [0.25, 0.3) is 4.96 Å². The number of fused-ring (bicyclic) bond motifs is 1. The fraction of sp³-hybridized carbons (Fsp3) is 0.588. The van der Waals surface area contributed by atoms with Gasteiger partial charge < -0.3 is 10.6 Å². The molecule has 1 atom stereocenters. The van der Waals surface area contributed by atoms with E-state index in [9.17, 15) is 9.59 Å². The molecule has 4 heterocycles. The summed E-state index contributed by atoms with van der Waals surface area (Å²) in [6, 6.07) is 0. The Balaban J connectivity index is 1.61. The number of hydrogen-bond acceptors (Lipinski definition) is 5. The lowest BCUT2D eigenvalue weighted by Gasteiger charge is -2.31. The molecule has 2 aromatic rings. The van der Waals surface area contributed by atoms with Crippen LogP contribution < -0.4 is 5.73 Å². The summed E-state index contributed by atoms with van der Waals surface area (Å²) < 4.78 is 2.02. The summed E-state index contributed by atoms with van der Waals surface area (Å²) in [4.78, 5) is 34.0. The highest BCUT2D eigenvalue weighted by Crippen LogP contribution is 2.24. The maximum atomic E-state index is 12.9. The van der Waals surface area contributed by atoms with Crippen LogP contribution >= 0.6 is 11.3 Å². The highest BCUT2D eigenvalue weighted by Gasteiger charge is 2.29. The first-order valence-corrected chi connectivity index (χ1v) is 9.77. The smallest absolute Gasteiger partial charge is 0.274 e. The number of carbonyl (C=O) groups excluding carboxylic acids is 2. The number of likely N-dealkylation sites (tertiary alicyclic amines) is 2. The lowest BCUT2D eigenvalue weighted by atomic mass is 9.97. The van der Waals surface area contributed by atoms with Gasteiger partial charge in [0.2, 0.25) is 5.91 Å². The van der Waals surface area contributed by atoms with Crippen molar-refractivity contribution in [2.24, 2.45) is 11.7 Å². The number of primary amides is 1. The van der Waals surface area contributed by atoms with Crippen molar-refractivity contribution in [2.45, 2.75) is 32.2 Å². The molecule has 2 aromatic heterocycles. The minimum Gasteiger partial charge on any atom is -0.369 e. The number of hydrogen-bond donors (Lipinski definition) is 1. The maximum absolute atomic E-state index is 12.9. The second-order valence-electron chi connectivity index (χ2n) is 6.94. The molecule has 0 aromatic carbocycles. The summed E-state index contributed by atoms with van der Waals surface area (Å²) in [6.45, 7) is 3.83. The average Bonchev–Trinajstić information content (AvgIpc) is 3.33. The Bertz CT molecular complexity index is 792. The summed E-state index contributed by atoms with van der Waals surface area (Å²) in [7, 11) is 0. The minimum atomic E-state index is -0.230. The zero-order chi connectivity index (χ0) is 17.4. The van der Waals surface area contributed by atoms with Gasteiger partial charge >= 0.3 is 0 Å². The molecular weight excluding hydrogens is 338 g/mol. The second-order valence-corrected chi connectivity index (χ2v) is 7.81. The maximum Gasteiger partial charge on any atom is 0.274 e. The topological polar surface area (TPSA) is 83.9 Å². The third-order valence-corrected chi connectivity index (χ3v) is 5.99. The van der Waals surface area contributed by atoms with Crippen LogP contribution in [-0.2, 0) is 11.3 Å². The third kappa shape index (κ3) is 3.16. The first-order valence-electron chi connectivity index (χ1n) is 8.89. The van der Waals surface area contributed by atoms with Gasteiger partial charge in [0.15, 0.2) is 10.7 Å². The highest BCUT2D eigenvalue weighted by molar-refractivity contribution is 7.15. The van der Waals surface area contributed by atoms with Gasteiger partial charge in [0, 0.05) is 37.8 Å². The molecule has 7 nitrogen and oxygen atoms in total. The zero-order valence-corrected chi connectivity index (χ0v) is 15.0. The minimum absolute atomic E-state index is 0.0341. The van der Waals surface area contributed by atoms with Gasteiger partial charge in [-0.1, -0.05) is 0 Å². The monoisotopic (exact) mass is 361 g/mol. The van der Waals surface area contributed by atoms with Crippen molar-refractivity contribution in [3.63, 3.8) is 0 Å². The molecule has 134 valence electrons. The van der Waals surface area contributed by atoms with Crippen molar-refractivity contribution in [3.8, 4) is 0 Å². The summed E-state index contributed by atoms with van der Waals surface area (Å²) >= 11 is 1.54. The summed E-state index contributed by atoms with van der Waals surface area (Å²) in [5.41, 5.74) is 6.99. The van der Waals surface area contributed by atoms with E-state index in [0.717, 1.165) is 56.0 Å². The van der Waals surface area contributed by atoms with E-state index in [-0.39, 0.29) is 17.7 Å². The van der Waals surface area contributed by atoms with Crippen LogP contribution in [0.3, 0.4) is 0 Å². The quantitative estimate of drug-likeness (QED) is 0.890. The zero-order valence-electron chi connectivity index (χ0n) is 14.2. The van der Waals surface area contributed by atoms with Crippen molar-refractivity contribution in [1.29, 1.82) is 0 Å².